The normalized spacial score (nSPS) is 11.3. The quantitative estimate of drug-likeness (QED) is 0.803. The van der Waals surface area contributed by atoms with Crippen molar-refractivity contribution in [2.75, 3.05) is 11.9 Å². The second kappa shape index (κ2) is 7.88. The molecule has 0 aliphatic carbocycles. The molecule has 0 spiro atoms. The van der Waals surface area contributed by atoms with Gasteiger partial charge in [-0.25, -0.2) is 0 Å². The summed E-state index contributed by atoms with van der Waals surface area (Å²) in [6, 6.07) is 13.9. The van der Waals surface area contributed by atoms with Crippen molar-refractivity contribution in [3.8, 4) is 0 Å². The maximum absolute atomic E-state index is 11.9. The van der Waals surface area contributed by atoms with Gasteiger partial charge in [0.15, 0.2) is 0 Å². The fourth-order valence-corrected chi connectivity index (χ4v) is 2.20. The highest BCUT2D eigenvalue weighted by atomic mass is 16.1. The molecule has 0 unspecified atom stereocenters. The molecule has 0 aliphatic rings. The highest BCUT2D eigenvalue weighted by molar-refractivity contribution is 5.90. The van der Waals surface area contributed by atoms with Crippen LogP contribution in [0.25, 0.3) is 0 Å². The van der Waals surface area contributed by atoms with Gasteiger partial charge in [0.25, 0.3) is 0 Å². The fraction of sp³-hybridized carbons (Fsp3) is 0.368. The summed E-state index contributed by atoms with van der Waals surface area (Å²) in [6.45, 7) is 7.83. The van der Waals surface area contributed by atoms with E-state index in [9.17, 15) is 4.79 Å². The van der Waals surface area contributed by atoms with Crippen molar-refractivity contribution in [1.82, 2.24) is 10.3 Å². The first-order chi connectivity index (χ1) is 10.9. The van der Waals surface area contributed by atoms with Crippen molar-refractivity contribution in [2.24, 2.45) is 0 Å². The minimum Gasteiger partial charge on any atom is -0.326 e. The number of hydrogen-bond donors (Lipinski definition) is 2. The fourth-order valence-electron chi connectivity index (χ4n) is 2.20. The summed E-state index contributed by atoms with van der Waals surface area (Å²) in [5.41, 5.74) is 3.20. The van der Waals surface area contributed by atoms with Crippen LogP contribution in [0.5, 0.6) is 0 Å². The Morgan fingerprint density at radius 1 is 1.09 bits per heavy atom. The Hall–Kier alpha value is -2.20. The number of aromatic nitrogens is 1. The molecule has 23 heavy (non-hydrogen) atoms. The lowest BCUT2D eigenvalue weighted by Crippen LogP contribution is -2.22. The van der Waals surface area contributed by atoms with Crippen molar-refractivity contribution in [3.63, 3.8) is 0 Å². The Balaban J connectivity index is 1.72. The first kappa shape index (κ1) is 17.2. The molecule has 0 bridgehead atoms. The smallest absolute Gasteiger partial charge is 0.225 e. The van der Waals surface area contributed by atoms with Crippen molar-refractivity contribution in [2.45, 2.75) is 39.2 Å². The highest BCUT2D eigenvalue weighted by Crippen LogP contribution is 2.23. The van der Waals surface area contributed by atoms with Gasteiger partial charge in [-0.05, 0) is 35.2 Å². The Morgan fingerprint density at radius 2 is 1.83 bits per heavy atom. The Kier molecular flexibility index (Phi) is 5.88. The largest absolute Gasteiger partial charge is 0.326 e. The molecule has 0 fully saturated rings. The topological polar surface area (TPSA) is 54.0 Å². The molecule has 1 aromatic carbocycles. The number of amides is 1. The maximum atomic E-state index is 11.9. The number of rotatable bonds is 6. The summed E-state index contributed by atoms with van der Waals surface area (Å²) in [6.07, 6.45) is 2.21. The Bertz CT molecular complexity index is 615. The van der Waals surface area contributed by atoms with E-state index in [1.807, 2.05) is 30.3 Å². The van der Waals surface area contributed by atoms with Crippen LogP contribution in [0.4, 0.5) is 5.69 Å². The molecule has 0 saturated carbocycles. The van der Waals surface area contributed by atoms with Gasteiger partial charge < -0.3 is 10.6 Å². The number of carbonyl (C=O) groups is 1. The number of benzene rings is 1. The lowest BCUT2D eigenvalue weighted by Gasteiger charge is -2.19. The van der Waals surface area contributed by atoms with Crippen molar-refractivity contribution >= 4 is 11.6 Å². The zero-order chi connectivity index (χ0) is 16.7. The van der Waals surface area contributed by atoms with E-state index >= 15 is 0 Å². The summed E-state index contributed by atoms with van der Waals surface area (Å²) in [4.78, 5) is 16.2. The number of anilines is 1. The molecule has 0 aliphatic heterocycles. The summed E-state index contributed by atoms with van der Waals surface area (Å²) >= 11 is 0. The van der Waals surface area contributed by atoms with E-state index in [0.29, 0.717) is 19.5 Å². The lowest BCUT2D eigenvalue weighted by molar-refractivity contribution is -0.116. The van der Waals surface area contributed by atoms with Gasteiger partial charge in [0.2, 0.25) is 5.91 Å². The maximum Gasteiger partial charge on any atom is 0.225 e. The van der Waals surface area contributed by atoms with E-state index in [0.717, 1.165) is 11.4 Å². The molecule has 0 atom stereocenters. The van der Waals surface area contributed by atoms with Crippen molar-refractivity contribution in [1.29, 1.82) is 0 Å². The monoisotopic (exact) mass is 311 g/mol. The number of carbonyl (C=O) groups excluding carboxylic acids is 1. The van der Waals surface area contributed by atoms with Crippen LogP contribution in [0.1, 0.15) is 38.4 Å². The molecule has 1 amide bonds. The average molecular weight is 311 g/mol. The summed E-state index contributed by atoms with van der Waals surface area (Å²) < 4.78 is 0. The van der Waals surface area contributed by atoms with E-state index in [-0.39, 0.29) is 11.3 Å². The van der Waals surface area contributed by atoms with Gasteiger partial charge in [0.05, 0.1) is 5.69 Å². The molecule has 1 aromatic heterocycles. The molecule has 4 nitrogen and oxygen atoms in total. The van der Waals surface area contributed by atoms with Crippen molar-refractivity contribution < 1.29 is 4.79 Å². The Morgan fingerprint density at radius 3 is 2.43 bits per heavy atom. The third-order valence-electron chi connectivity index (χ3n) is 3.60. The molecule has 2 rings (SSSR count). The van der Waals surface area contributed by atoms with Crippen LogP contribution < -0.4 is 10.6 Å². The van der Waals surface area contributed by atoms with E-state index < -0.39 is 0 Å². The van der Waals surface area contributed by atoms with E-state index in [4.69, 9.17) is 0 Å². The number of pyridine rings is 1. The summed E-state index contributed by atoms with van der Waals surface area (Å²) in [5.74, 6) is 0.0158. The predicted octanol–water partition coefficient (Wildman–Crippen LogP) is 3.50. The lowest BCUT2D eigenvalue weighted by atomic mass is 9.87. The first-order valence-electron chi connectivity index (χ1n) is 7.96. The molecular formula is C19H25N3O. The minimum atomic E-state index is 0.0158. The molecule has 2 N–H and O–H groups in total. The van der Waals surface area contributed by atoms with Crippen LogP contribution in [-0.2, 0) is 16.8 Å². The SMILES string of the molecule is CC(C)(C)c1ccc(NC(=O)CCNCc2ccccn2)cc1. The first-order valence-corrected chi connectivity index (χ1v) is 7.96. The van der Waals surface area contributed by atoms with Crippen LogP contribution in [-0.4, -0.2) is 17.4 Å². The number of nitrogens with one attached hydrogen (secondary N) is 2. The third-order valence-corrected chi connectivity index (χ3v) is 3.60. The van der Waals surface area contributed by atoms with Gasteiger partial charge in [-0.1, -0.05) is 39.0 Å². The minimum absolute atomic E-state index is 0.0158. The standard InChI is InChI=1S/C19H25N3O/c1-19(2,3)15-7-9-16(10-8-15)22-18(23)11-13-20-14-17-6-4-5-12-21-17/h4-10,12,20H,11,13-14H2,1-3H3,(H,22,23). The predicted molar refractivity (Wildman–Crippen MR) is 94.3 cm³/mol. The van der Waals surface area contributed by atoms with Gasteiger partial charge in [0.1, 0.15) is 0 Å². The molecule has 0 saturated heterocycles. The van der Waals surface area contributed by atoms with Gasteiger partial charge >= 0.3 is 0 Å². The van der Waals surface area contributed by atoms with Gasteiger partial charge in [-0.2, -0.15) is 0 Å². The van der Waals surface area contributed by atoms with Gasteiger partial charge in [0, 0.05) is 31.4 Å². The third kappa shape index (κ3) is 5.83. The molecule has 0 radical (unpaired) electrons. The van der Waals surface area contributed by atoms with E-state index in [1.54, 1.807) is 6.20 Å². The number of hydrogen-bond acceptors (Lipinski definition) is 3. The van der Waals surface area contributed by atoms with E-state index in [2.05, 4.69) is 48.5 Å². The van der Waals surface area contributed by atoms with Crippen LogP contribution in [0, 0.1) is 0 Å². The molecule has 1 heterocycles. The molecule has 4 heteroatoms. The van der Waals surface area contributed by atoms with Crippen LogP contribution in [0.2, 0.25) is 0 Å². The molecule has 2 aromatic rings. The van der Waals surface area contributed by atoms with Crippen LogP contribution >= 0.6 is 0 Å². The zero-order valence-corrected chi connectivity index (χ0v) is 14.1. The Labute approximate surface area is 138 Å². The second-order valence-corrected chi connectivity index (χ2v) is 6.62. The van der Waals surface area contributed by atoms with E-state index in [1.165, 1.54) is 5.56 Å². The van der Waals surface area contributed by atoms with Crippen LogP contribution in [0.15, 0.2) is 48.7 Å². The summed E-state index contributed by atoms with van der Waals surface area (Å²) in [7, 11) is 0. The number of nitrogens with zero attached hydrogens (tertiary/aromatic N) is 1. The van der Waals surface area contributed by atoms with Crippen molar-refractivity contribution in [3.05, 3.63) is 59.9 Å². The highest BCUT2D eigenvalue weighted by Gasteiger charge is 2.13. The van der Waals surface area contributed by atoms with Gasteiger partial charge in [-0.15, -0.1) is 0 Å². The second-order valence-electron chi connectivity index (χ2n) is 6.62. The molecular weight excluding hydrogens is 286 g/mol. The van der Waals surface area contributed by atoms with Crippen LogP contribution in [0.3, 0.4) is 0 Å². The van der Waals surface area contributed by atoms with Gasteiger partial charge in [-0.3, -0.25) is 9.78 Å². The average Bonchev–Trinajstić information content (AvgIpc) is 2.52. The summed E-state index contributed by atoms with van der Waals surface area (Å²) in [5, 5.41) is 6.15. The molecule has 122 valence electrons. The zero-order valence-electron chi connectivity index (χ0n) is 14.1.